The summed E-state index contributed by atoms with van der Waals surface area (Å²) in [6.07, 6.45) is 11.6. The van der Waals surface area contributed by atoms with Crippen LogP contribution in [0, 0.1) is 17.8 Å². The van der Waals surface area contributed by atoms with Crippen molar-refractivity contribution < 1.29 is 9.53 Å². The minimum Gasteiger partial charge on any atom is -0.381 e. The summed E-state index contributed by atoms with van der Waals surface area (Å²) in [4.78, 5) is 14.5. The second-order valence-electron chi connectivity index (χ2n) is 7.19. The van der Waals surface area contributed by atoms with Crippen LogP contribution in [0.4, 0.5) is 0 Å². The van der Waals surface area contributed by atoms with Gasteiger partial charge in [0.1, 0.15) is 0 Å². The molecular weight excluding hydrogens is 250 g/mol. The Morgan fingerprint density at radius 2 is 1.75 bits per heavy atom. The fraction of sp³-hybridized carbons (Fsp3) is 0.941. The van der Waals surface area contributed by atoms with Gasteiger partial charge in [-0.1, -0.05) is 32.1 Å². The van der Waals surface area contributed by atoms with Crippen LogP contribution in [-0.2, 0) is 9.53 Å². The molecule has 0 aromatic heterocycles. The summed E-state index contributed by atoms with van der Waals surface area (Å²) in [6.45, 7) is 1.99. The predicted molar refractivity (Wildman–Crippen MR) is 79.4 cm³/mol. The average Bonchev–Trinajstić information content (AvgIpc) is 3.04. The molecule has 114 valence electrons. The third-order valence-electron chi connectivity index (χ3n) is 5.88. The summed E-state index contributed by atoms with van der Waals surface area (Å²) < 4.78 is 5.47. The first kappa shape index (κ1) is 14.4. The molecule has 1 aliphatic heterocycles. The molecule has 3 heteroatoms. The van der Waals surface area contributed by atoms with Crippen LogP contribution in [0.2, 0.25) is 0 Å². The van der Waals surface area contributed by atoms with Crippen LogP contribution in [0.25, 0.3) is 0 Å². The number of rotatable bonds is 4. The third-order valence-corrected chi connectivity index (χ3v) is 5.88. The molecule has 1 saturated heterocycles. The number of ether oxygens (including phenoxy) is 1. The Kier molecular flexibility index (Phi) is 4.65. The normalized spacial score (nSPS) is 34.5. The van der Waals surface area contributed by atoms with Crippen LogP contribution in [0.5, 0.6) is 0 Å². The van der Waals surface area contributed by atoms with Gasteiger partial charge in [0.2, 0.25) is 5.91 Å². The molecule has 0 radical (unpaired) electrons. The monoisotopic (exact) mass is 279 g/mol. The first-order chi connectivity index (χ1) is 9.76. The zero-order chi connectivity index (χ0) is 13.9. The summed E-state index contributed by atoms with van der Waals surface area (Å²) in [5, 5.41) is 0. The SMILES string of the molecule is COC1C[C@@H]2CN(C(=O)CCC3CCCCC3)C[C@@H]2C1. The van der Waals surface area contributed by atoms with Crippen LogP contribution in [0.1, 0.15) is 57.8 Å². The van der Waals surface area contributed by atoms with Crippen molar-refractivity contribution in [3.05, 3.63) is 0 Å². The van der Waals surface area contributed by atoms with E-state index in [0.717, 1.165) is 44.7 Å². The molecule has 2 aliphatic carbocycles. The van der Waals surface area contributed by atoms with Crippen molar-refractivity contribution in [1.29, 1.82) is 0 Å². The lowest BCUT2D eigenvalue weighted by atomic mass is 9.86. The molecule has 3 nitrogen and oxygen atoms in total. The van der Waals surface area contributed by atoms with Crippen LogP contribution in [-0.4, -0.2) is 37.1 Å². The van der Waals surface area contributed by atoms with Gasteiger partial charge in [-0.15, -0.1) is 0 Å². The van der Waals surface area contributed by atoms with Crippen molar-refractivity contribution in [3.8, 4) is 0 Å². The lowest BCUT2D eigenvalue weighted by Crippen LogP contribution is -2.30. The van der Waals surface area contributed by atoms with Crippen molar-refractivity contribution in [3.63, 3.8) is 0 Å². The van der Waals surface area contributed by atoms with E-state index in [1.165, 1.54) is 32.1 Å². The molecule has 0 N–H and O–H groups in total. The Balaban J connectivity index is 1.41. The van der Waals surface area contributed by atoms with Gasteiger partial charge in [0, 0.05) is 26.6 Å². The number of amides is 1. The van der Waals surface area contributed by atoms with Crippen molar-refractivity contribution in [2.24, 2.45) is 17.8 Å². The van der Waals surface area contributed by atoms with Crippen LogP contribution >= 0.6 is 0 Å². The first-order valence-corrected chi connectivity index (χ1v) is 8.57. The summed E-state index contributed by atoms with van der Waals surface area (Å²) in [5.74, 6) is 2.66. The van der Waals surface area contributed by atoms with E-state index in [4.69, 9.17) is 4.74 Å². The Bertz CT molecular complexity index is 324. The molecule has 0 aromatic carbocycles. The molecule has 3 aliphatic rings. The molecule has 3 fully saturated rings. The lowest BCUT2D eigenvalue weighted by molar-refractivity contribution is -0.131. The summed E-state index contributed by atoms with van der Waals surface area (Å²) in [5.41, 5.74) is 0. The third kappa shape index (κ3) is 3.19. The van der Waals surface area contributed by atoms with Crippen molar-refractivity contribution in [2.75, 3.05) is 20.2 Å². The maximum Gasteiger partial charge on any atom is 0.222 e. The highest BCUT2D eigenvalue weighted by molar-refractivity contribution is 5.76. The van der Waals surface area contributed by atoms with Gasteiger partial charge in [-0.2, -0.15) is 0 Å². The van der Waals surface area contributed by atoms with E-state index in [1.807, 2.05) is 7.11 Å². The molecule has 20 heavy (non-hydrogen) atoms. The molecule has 1 unspecified atom stereocenters. The number of hydrogen-bond donors (Lipinski definition) is 0. The number of fused-ring (bicyclic) bond motifs is 1. The largest absolute Gasteiger partial charge is 0.381 e. The molecule has 0 bridgehead atoms. The summed E-state index contributed by atoms with van der Waals surface area (Å²) in [6, 6.07) is 0. The zero-order valence-corrected chi connectivity index (χ0v) is 12.9. The minimum atomic E-state index is 0.416. The molecule has 0 aromatic rings. The highest BCUT2D eigenvalue weighted by atomic mass is 16.5. The van der Waals surface area contributed by atoms with Gasteiger partial charge in [-0.3, -0.25) is 4.79 Å². The van der Waals surface area contributed by atoms with E-state index in [0.29, 0.717) is 23.8 Å². The Morgan fingerprint density at radius 1 is 1.10 bits per heavy atom. The van der Waals surface area contributed by atoms with Crippen molar-refractivity contribution in [2.45, 2.75) is 63.9 Å². The second-order valence-corrected chi connectivity index (χ2v) is 7.19. The number of carbonyl (C=O) groups excluding carboxylic acids is 1. The fourth-order valence-corrected chi connectivity index (χ4v) is 4.60. The smallest absolute Gasteiger partial charge is 0.222 e. The highest BCUT2D eigenvalue weighted by Crippen LogP contribution is 2.39. The number of likely N-dealkylation sites (tertiary alicyclic amines) is 1. The van der Waals surface area contributed by atoms with Crippen LogP contribution in [0.3, 0.4) is 0 Å². The molecule has 0 spiro atoms. The van der Waals surface area contributed by atoms with Gasteiger partial charge >= 0.3 is 0 Å². The standard InChI is InChI=1S/C17H29NO2/c1-20-16-9-14-11-18(12-15(14)10-16)17(19)8-7-13-5-3-2-4-6-13/h13-16H,2-12H2,1H3/t14-,15+,16?. The maximum absolute atomic E-state index is 12.4. The average molecular weight is 279 g/mol. The van der Waals surface area contributed by atoms with Gasteiger partial charge in [0.05, 0.1) is 6.10 Å². The number of hydrogen-bond acceptors (Lipinski definition) is 2. The van der Waals surface area contributed by atoms with Gasteiger partial charge < -0.3 is 9.64 Å². The van der Waals surface area contributed by atoms with Crippen LogP contribution < -0.4 is 0 Å². The highest BCUT2D eigenvalue weighted by Gasteiger charge is 2.42. The molecular formula is C17H29NO2. The quantitative estimate of drug-likeness (QED) is 0.790. The van der Waals surface area contributed by atoms with E-state index >= 15 is 0 Å². The number of methoxy groups -OCH3 is 1. The minimum absolute atomic E-state index is 0.416. The summed E-state index contributed by atoms with van der Waals surface area (Å²) in [7, 11) is 1.82. The number of nitrogens with zero attached hydrogens (tertiary/aromatic N) is 1. The lowest BCUT2D eigenvalue weighted by Gasteiger charge is -2.23. The van der Waals surface area contributed by atoms with Gasteiger partial charge in [0.15, 0.2) is 0 Å². The van der Waals surface area contributed by atoms with Gasteiger partial charge in [-0.25, -0.2) is 0 Å². The zero-order valence-electron chi connectivity index (χ0n) is 12.9. The van der Waals surface area contributed by atoms with Crippen molar-refractivity contribution in [1.82, 2.24) is 4.90 Å². The van der Waals surface area contributed by atoms with Gasteiger partial charge in [0.25, 0.3) is 0 Å². The van der Waals surface area contributed by atoms with E-state index in [2.05, 4.69) is 4.90 Å². The topological polar surface area (TPSA) is 29.5 Å². The van der Waals surface area contributed by atoms with E-state index in [1.54, 1.807) is 0 Å². The summed E-state index contributed by atoms with van der Waals surface area (Å²) >= 11 is 0. The van der Waals surface area contributed by atoms with E-state index < -0.39 is 0 Å². The van der Waals surface area contributed by atoms with E-state index in [-0.39, 0.29) is 0 Å². The molecule has 1 heterocycles. The predicted octanol–water partition coefficient (Wildman–Crippen LogP) is 3.23. The maximum atomic E-state index is 12.4. The fourth-order valence-electron chi connectivity index (χ4n) is 4.60. The van der Waals surface area contributed by atoms with Crippen LogP contribution in [0.15, 0.2) is 0 Å². The molecule has 1 amide bonds. The molecule has 3 atom stereocenters. The van der Waals surface area contributed by atoms with Crippen molar-refractivity contribution >= 4 is 5.91 Å². The molecule has 2 saturated carbocycles. The Morgan fingerprint density at radius 3 is 2.35 bits per heavy atom. The first-order valence-electron chi connectivity index (χ1n) is 8.57. The molecule has 3 rings (SSSR count). The Labute approximate surface area is 123 Å². The second kappa shape index (κ2) is 6.46. The Hall–Kier alpha value is -0.570. The number of carbonyl (C=O) groups is 1. The van der Waals surface area contributed by atoms with E-state index in [9.17, 15) is 4.79 Å². The van der Waals surface area contributed by atoms with Gasteiger partial charge in [-0.05, 0) is 37.0 Å².